The average molecular weight is 456 g/mol. The topological polar surface area (TPSA) is 104 Å². The highest BCUT2D eigenvalue weighted by Gasteiger charge is 2.21. The van der Waals surface area contributed by atoms with Crippen molar-refractivity contribution in [1.82, 2.24) is 20.3 Å². The lowest BCUT2D eigenvalue weighted by Gasteiger charge is -2.13. The molecule has 2 unspecified atom stereocenters. The van der Waals surface area contributed by atoms with E-state index in [0.29, 0.717) is 35.9 Å². The molecule has 0 aliphatic heterocycles. The number of ether oxygens (including phenoxy) is 1. The first-order valence-corrected chi connectivity index (χ1v) is 11.6. The molecule has 32 heavy (non-hydrogen) atoms. The van der Waals surface area contributed by atoms with Crippen LogP contribution in [-0.2, 0) is 17.2 Å². The highest BCUT2D eigenvalue weighted by Crippen LogP contribution is 2.28. The molecule has 0 spiro atoms. The molecule has 0 aliphatic rings. The van der Waals surface area contributed by atoms with E-state index in [-0.39, 0.29) is 16.6 Å². The van der Waals surface area contributed by atoms with E-state index in [9.17, 15) is 8.60 Å². The molecule has 0 amide bonds. The maximum absolute atomic E-state index is 14.2. The molecule has 0 saturated heterocycles. The van der Waals surface area contributed by atoms with Gasteiger partial charge in [-0.1, -0.05) is 24.2 Å². The van der Waals surface area contributed by atoms with Crippen LogP contribution in [0.4, 0.5) is 4.39 Å². The smallest absolute Gasteiger partial charge is 0.268 e. The van der Waals surface area contributed by atoms with Crippen molar-refractivity contribution in [2.75, 3.05) is 6.26 Å². The zero-order chi connectivity index (χ0) is 22.7. The zero-order valence-electron chi connectivity index (χ0n) is 17.7. The fourth-order valence-corrected chi connectivity index (χ4v) is 3.62. The second-order valence-electron chi connectivity index (χ2n) is 6.96. The number of benzene rings is 2. The van der Waals surface area contributed by atoms with Gasteiger partial charge in [-0.25, -0.2) is 4.39 Å². The van der Waals surface area contributed by atoms with Gasteiger partial charge in [-0.3, -0.25) is 4.21 Å². The summed E-state index contributed by atoms with van der Waals surface area (Å²) in [6.45, 7) is 3.88. The summed E-state index contributed by atoms with van der Waals surface area (Å²) >= 11 is 0. The summed E-state index contributed by atoms with van der Waals surface area (Å²) < 4.78 is 42.2. The van der Waals surface area contributed by atoms with Gasteiger partial charge in [0, 0.05) is 23.8 Å². The third-order valence-electron chi connectivity index (χ3n) is 4.75. The standard InChI is InChI=1S/C22H21FN4O4S/c1-4-17(29-15-9-6-13(7-10-15)20-24-19(5-2)30-26-20)22-25-21(27-31-22)14-8-11-18(32(3)28)16(23)12-14/h6-12,17H,4-5H2,1-3H3. The Morgan fingerprint density at radius 1 is 1.00 bits per heavy atom. The Balaban J connectivity index is 1.49. The number of rotatable bonds is 8. The highest BCUT2D eigenvalue weighted by atomic mass is 32.2. The molecule has 166 valence electrons. The Kier molecular flexibility index (Phi) is 6.40. The lowest BCUT2D eigenvalue weighted by Crippen LogP contribution is -2.07. The number of aromatic nitrogens is 4. The third-order valence-corrected chi connectivity index (χ3v) is 5.70. The summed E-state index contributed by atoms with van der Waals surface area (Å²) in [7, 11) is -1.42. The monoisotopic (exact) mass is 456 g/mol. The van der Waals surface area contributed by atoms with Crippen LogP contribution >= 0.6 is 0 Å². The molecule has 2 atom stereocenters. The van der Waals surface area contributed by atoms with Crippen molar-refractivity contribution in [3.8, 4) is 28.5 Å². The predicted molar refractivity (Wildman–Crippen MR) is 115 cm³/mol. The van der Waals surface area contributed by atoms with Crippen molar-refractivity contribution in [2.24, 2.45) is 0 Å². The average Bonchev–Trinajstić information content (AvgIpc) is 3.47. The van der Waals surface area contributed by atoms with Crippen molar-refractivity contribution < 1.29 is 22.4 Å². The summed E-state index contributed by atoms with van der Waals surface area (Å²) in [6.07, 6.45) is 2.19. The highest BCUT2D eigenvalue weighted by molar-refractivity contribution is 7.84. The summed E-state index contributed by atoms with van der Waals surface area (Å²) in [5.41, 5.74) is 1.24. The molecule has 0 aliphatic carbocycles. The quantitative estimate of drug-likeness (QED) is 0.374. The maximum atomic E-state index is 14.2. The molecule has 4 rings (SSSR count). The summed E-state index contributed by atoms with van der Waals surface area (Å²) in [4.78, 5) is 8.80. The SMILES string of the molecule is CCc1nc(-c2ccc(OC(CC)c3nc(-c4ccc(S(C)=O)c(F)c4)no3)cc2)no1. The molecular weight excluding hydrogens is 435 g/mol. The van der Waals surface area contributed by atoms with Gasteiger partial charge in [0.15, 0.2) is 6.10 Å². The minimum absolute atomic E-state index is 0.127. The fraction of sp³-hybridized carbons (Fsp3) is 0.273. The van der Waals surface area contributed by atoms with Crippen molar-refractivity contribution in [1.29, 1.82) is 0 Å². The van der Waals surface area contributed by atoms with Gasteiger partial charge < -0.3 is 13.8 Å². The minimum atomic E-state index is -1.42. The van der Waals surface area contributed by atoms with Gasteiger partial charge in [0.2, 0.25) is 17.5 Å². The van der Waals surface area contributed by atoms with E-state index >= 15 is 0 Å². The van der Waals surface area contributed by atoms with Gasteiger partial charge in [-0.2, -0.15) is 9.97 Å². The lowest BCUT2D eigenvalue weighted by molar-refractivity contribution is 0.154. The van der Waals surface area contributed by atoms with E-state index in [1.54, 1.807) is 18.2 Å². The van der Waals surface area contributed by atoms with Crippen LogP contribution in [-0.4, -0.2) is 30.7 Å². The number of nitrogens with zero attached hydrogens (tertiary/aromatic N) is 4. The zero-order valence-corrected chi connectivity index (χ0v) is 18.6. The van der Waals surface area contributed by atoms with Gasteiger partial charge in [0.1, 0.15) is 11.6 Å². The van der Waals surface area contributed by atoms with Gasteiger partial charge in [0.05, 0.1) is 15.7 Å². The van der Waals surface area contributed by atoms with Crippen molar-refractivity contribution in [3.05, 3.63) is 60.1 Å². The summed E-state index contributed by atoms with van der Waals surface area (Å²) in [6, 6.07) is 11.6. The van der Waals surface area contributed by atoms with Crippen LogP contribution in [0, 0.1) is 5.82 Å². The molecule has 0 saturated carbocycles. The van der Waals surface area contributed by atoms with E-state index in [2.05, 4.69) is 20.3 Å². The van der Waals surface area contributed by atoms with Crippen LogP contribution in [0.5, 0.6) is 5.75 Å². The molecule has 8 nitrogen and oxygen atoms in total. The summed E-state index contributed by atoms with van der Waals surface area (Å²) in [5, 5.41) is 7.90. The molecule has 0 N–H and O–H groups in total. The van der Waals surface area contributed by atoms with Crippen LogP contribution in [0.3, 0.4) is 0 Å². The first kappa shape index (κ1) is 21.8. The number of aryl methyl sites for hydroxylation is 1. The Hall–Kier alpha value is -3.40. The van der Waals surface area contributed by atoms with E-state index in [1.165, 1.54) is 18.4 Å². The van der Waals surface area contributed by atoms with E-state index < -0.39 is 22.7 Å². The summed E-state index contributed by atoms with van der Waals surface area (Å²) in [5.74, 6) is 1.64. The number of hydrogen-bond donors (Lipinski definition) is 0. The largest absolute Gasteiger partial charge is 0.481 e. The predicted octanol–water partition coefficient (Wildman–Crippen LogP) is 4.76. The number of halogens is 1. The molecule has 10 heteroatoms. The first-order valence-electron chi connectivity index (χ1n) is 10.0. The minimum Gasteiger partial charge on any atom is -0.481 e. The van der Waals surface area contributed by atoms with Crippen LogP contribution in [0.1, 0.15) is 38.2 Å². The second-order valence-corrected chi connectivity index (χ2v) is 8.31. The molecule has 4 aromatic rings. The number of hydrogen-bond acceptors (Lipinski definition) is 8. The normalized spacial score (nSPS) is 13.1. The van der Waals surface area contributed by atoms with Gasteiger partial charge in [0.25, 0.3) is 5.89 Å². The van der Waals surface area contributed by atoms with Gasteiger partial charge in [-0.05, 0) is 48.9 Å². The Labute approximate surface area is 186 Å². The van der Waals surface area contributed by atoms with Gasteiger partial charge in [-0.15, -0.1) is 0 Å². The molecule has 2 aromatic heterocycles. The second kappa shape index (κ2) is 9.39. The molecule has 2 aromatic carbocycles. The van der Waals surface area contributed by atoms with Gasteiger partial charge >= 0.3 is 0 Å². The van der Waals surface area contributed by atoms with Crippen LogP contribution < -0.4 is 4.74 Å². The third kappa shape index (κ3) is 4.59. The lowest BCUT2D eigenvalue weighted by atomic mass is 10.2. The molecular formula is C22H21FN4O4S. The molecule has 0 bridgehead atoms. The van der Waals surface area contributed by atoms with E-state index in [0.717, 1.165) is 5.56 Å². The first-order chi connectivity index (χ1) is 15.5. The van der Waals surface area contributed by atoms with E-state index in [4.69, 9.17) is 13.8 Å². The van der Waals surface area contributed by atoms with Crippen LogP contribution in [0.25, 0.3) is 22.8 Å². The molecule has 0 fully saturated rings. The van der Waals surface area contributed by atoms with Crippen molar-refractivity contribution >= 4 is 10.8 Å². The van der Waals surface area contributed by atoms with Crippen LogP contribution in [0.2, 0.25) is 0 Å². The maximum Gasteiger partial charge on any atom is 0.268 e. The fourth-order valence-electron chi connectivity index (χ4n) is 3.03. The van der Waals surface area contributed by atoms with Crippen molar-refractivity contribution in [2.45, 2.75) is 37.7 Å². The van der Waals surface area contributed by atoms with E-state index in [1.807, 2.05) is 26.0 Å². The van der Waals surface area contributed by atoms with Crippen molar-refractivity contribution in [3.63, 3.8) is 0 Å². The Bertz CT molecular complexity index is 1240. The Morgan fingerprint density at radius 2 is 1.69 bits per heavy atom. The molecule has 2 heterocycles. The molecule has 0 radical (unpaired) electrons. The van der Waals surface area contributed by atoms with Crippen LogP contribution in [0.15, 0.2) is 56.4 Å². The Morgan fingerprint density at radius 3 is 2.31 bits per heavy atom.